The number of hydrogen-bond acceptors (Lipinski definition) is 4. The fourth-order valence-corrected chi connectivity index (χ4v) is 4.75. The molecule has 0 N–H and O–H groups in total. The summed E-state index contributed by atoms with van der Waals surface area (Å²) in [6.07, 6.45) is 1.78. The van der Waals surface area contributed by atoms with Crippen molar-refractivity contribution in [1.82, 2.24) is 14.2 Å². The molecule has 7 heteroatoms. The van der Waals surface area contributed by atoms with E-state index in [1.165, 1.54) is 6.07 Å². The molecule has 1 aliphatic rings. The van der Waals surface area contributed by atoms with Gasteiger partial charge in [0.05, 0.1) is 10.6 Å². The van der Waals surface area contributed by atoms with Crippen molar-refractivity contribution in [2.45, 2.75) is 18.4 Å². The SMILES string of the molecule is Cc1ccc(Cl)cc1S(=O)(=O)N1CCN(Cc2ccccn2)CC1. The van der Waals surface area contributed by atoms with Gasteiger partial charge >= 0.3 is 0 Å². The maximum absolute atomic E-state index is 12.9. The number of rotatable bonds is 4. The largest absolute Gasteiger partial charge is 0.295 e. The average Bonchev–Trinajstić information content (AvgIpc) is 2.58. The predicted molar refractivity (Wildman–Crippen MR) is 94.5 cm³/mol. The lowest BCUT2D eigenvalue weighted by Crippen LogP contribution is -2.48. The molecule has 3 rings (SSSR count). The van der Waals surface area contributed by atoms with E-state index in [1.54, 1.807) is 29.6 Å². The summed E-state index contributed by atoms with van der Waals surface area (Å²) in [5.74, 6) is 0. The van der Waals surface area contributed by atoms with Gasteiger partial charge in [-0.3, -0.25) is 9.88 Å². The molecule has 5 nitrogen and oxygen atoms in total. The lowest BCUT2D eigenvalue weighted by atomic mass is 10.2. The smallest absolute Gasteiger partial charge is 0.243 e. The van der Waals surface area contributed by atoms with Crippen LogP contribution in [0.5, 0.6) is 0 Å². The molecule has 1 aromatic heterocycles. The van der Waals surface area contributed by atoms with E-state index in [2.05, 4.69) is 9.88 Å². The van der Waals surface area contributed by atoms with Crippen LogP contribution in [0.3, 0.4) is 0 Å². The number of benzene rings is 1. The molecular weight excluding hydrogens is 346 g/mol. The van der Waals surface area contributed by atoms with Gasteiger partial charge in [-0.25, -0.2) is 8.42 Å². The van der Waals surface area contributed by atoms with Crippen LogP contribution in [0.25, 0.3) is 0 Å². The summed E-state index contributed by atoms with van der Waals surface area (Å²) in [6, 6.07) is 10.8. The zero-order valence-electron chi connectivity index (χ0n) is 13.5. The molecule has 1 fully saturated rings. The zero-order chi connectivity index (χ0) is 17.2. The van der Waals surface area contributed by atoms with Crippen molar-refractivity contribution in [3.63, 3.8) is 0 Å². The quantitative estimate of drug-likeness (QED) is 0.835. The van der Waals surface area contributed by atoms with Gasteiger partial charge in [0.25, 0.3) is 0 Å². The molecular formula is C17H20ClN3O2S. The first kappa shape index (κ1) is 17.4. The Balaban J connectivity index is 1.68. The lowest BCUT2D eigenvalue weighted by molar-refractivity contribution is 0.180. The van der Waals surface area contributed by atoms with Gasteiger partial charge in [-0.05, 0) is 36.8 Å². The first-order chi connectivity index (χ1) is 11.5. The van der Waals surface area contributed by atoms with Crippen LogP contribution in [0.2, 0.25) is 5.02 Å². The highest BCUT2D eigenvalue weighted by Gasteiger charge is 2.29. The number of halogens is 1. The van der Waals surface area contributed by atoms with Crippen molar-refractivity contribution < 1.29 is 8.42 Å². The third kappa shape index (κ3) is 3.78. The normalized spacial score (nSPS) is 17.1. The minimum Gasteiger partial charge on any atom is -0.295 e. The van der Waals surface area contributed by atoms with E-state index in [4.69, 9.17) is 11.6 Å². The maximum Gasteiger partial charge on any atom is 0.243 e. The molecule has 0 amide bonds. The Morgan fingerprint density at radius 1 is 1.12 bits per heavy atom. The summed E-state index contributed by atoms with van der Waals surface area (Å²) in [5, 5.41) is 0.438. The Bertz CT molecular complexity index is 804. The van der Waals surface area contributed by atoms with Crippen LogP contribution >= 0.6 is 11.6 Å². The van der Waals surface area contributed by atoms with Gasteiger partial charge in [0.15, 0.2) is 0 Å². The molecule has 2 aromatic rings. The van der Waals surface area contributed by atoms with E-state index < -0.39 is 10.0 Å². The van der Waals surface area contributed by atoms with Crippen LogP contribution < -0.4 is 0 Å². The molecule has 0 saturated carbocycles. The van der Waals surface area contributed by atoms with Gasteiger partial charge in [0.1, 0.15) is 0 Å². The Morgan fingerprint density at radius 3 is 2.54 bits per heavy atom. The minimum absolute atomic E-state index is 0.299. The summed E-state index contributed by atoms with van der Waals surface area (Å²) in [5.41, 5.74) is 1.72. The van der Waals surface area contributed by atoms with E-state index >= 15 is 0 Å². The first-order valence-electron chi connectivity index (χ1n) is 7.85. The number of pyridine rings is 1. The average molecular weight is 366 g/mol. The predicted octanol–water partition coefficient (Wildman–Crippen LogP) is 2.55. The Morgan fingerprint density at radius 2 is 1.88 bits per heavy atom. The second-order valence-corrected chi connectivity index (χ2v) is 8.25. The highest BCUT2D eigenvalue weighted by atomic mass is 35.5. The van der Waals surface area contributed by atoms with Gasteiger partial charge in [0.2, 0.25) is 10.0 Å². The molecule has 0 aliphatic carbocycles. The van der Waals surface area contributed by atoms with Crippen LogP contribution in [0, 0.1) is 6.92 Å². The van der Waals surface area contributed by atoms with Crippen LogP contribution in [0.4, 0.5) is 0 Å². The molecule has 0 bridgehead atoms. The maximum atomic E-state index is 12.9. The summed E-state index contributed by atoms with van der Waals surface area (Å²) in [4.78, 5) is 6.84. The highest BCUT2D eigenvalue weighted by molar-refractivity contribution is 7.89. The lowest BCUT2D eigenvalue weighted by Gasteiger charge is -2.34. The van der Waals surface area contributed by atoms with E-state index in [9.17, 15) is 8.42 Å². The Hall–Kier alpha value is -1.47. The fraction of sp³-hybridized carbons (Fsp3) is 0.353. The molecule has 0 radical (unpaired) electrons. The van der Waals surface area contributed by atoms with Gasteiger partial charge in [0, 0.05) is 43.9 Å². The van der Waals surface area contributed by atoms with E-state index in [1.807, 2.05) is 18.2 Å². The van der Waals surface area contributed by atoms with Crippen molar-refractivity contribution >= 4 is 21.6 Å². The van der Waals surface area contributed by atoms with Gasteiger partial charge < -0.3 is 0 Å². The molecule has 128 valence electrons. The molecule has 0 atom stereocenters. The van der Waals surface area contributed by atoms with Crippen molar-refractivity contribution in [1.29, 1.82) is 0 Å². The van der Waals surface area contributed by atoms with E-state index in [0.29, 0.717) is 36.1 Å². The third-order valence-corrected chi connectivity index (χ3v) is 6.49. The number of nitrogens with zero attached hydrogens (tertiary/aromatic N) is 3. The fourth-order valence-electron chi connectivity index (χ4n) is 2.84. The molecule has 0 unspecified atom stereocenters. The van der Waals surface area contributed by atoms with Gasteiger partial charge in [-0.1, -0.05) is 23.7 Å². The van der Waals surface area contributed by atoms with Crippen LogP contribution in [-0.2, 0) is 16.6 Å². The number of aryl methyl sites for hydroxylation is 1. The van der Waals surface area contributed by atoms with E-state index in [0.717, 1.165) is 17.8 Å². The molecule has 1 saturated heterocycles. The van der Waals surface area contributed by atoms with Crippen molar-refractivity contribution in [3.8, 4) is 0 Å². The number of piperazine rings is 1. The van der Waals surface area contributed by atoms with Crippen LogP contribution in [-0.4, -0.2) is 48.8 Å². The molecule has 1 aliphatic heterocycles. The summed E-state index contributed by atoms with van der Waals surface area (Å²) >= 11 is 5.98. The second-order valence-electron chi connectivity index (χ2n) is 5.91. The van der Waals surface area contributed by atoms with Crippen molar-refractivity contribution in [2.75, 3.05) is 26.2 Å². The second kappa shape index (κ2) is 7.19. The molecule has 24 heavy (non-hydrogen) atoms. The standard InChI is InChI=1S/C17H20ClN3O2S/c1-14-5-6-15(18)12-17(14)24(22,23)21-10-8-20(9-11-21)13-16-4-2-3-7-19-16/h2-7,12H,8-11,13H2,1H3. The number of hydrogen-bond donors (Lipinski definition) is 0. The summed E-state index contributed by atoms with van der Waals surface area (Å²) in [7, 11) is -3.50. The Labute approximate surface area is 147 Å². The number of aromatic nitrogens is 1. The summed E-state index contributed by atoms with van der Waals surface area (Å²) in [6.45, 7) is 4.86. The van der Waals surface area contributed by atoms with Crippen LogP contribution in [0.15, 0.2) is 47.5 Å². The first-order valence-corrected chi connectivity index (χ1v) is 9.67. The monoisotopic (exact) mass is 365 g/mol. The highest BCUT2D eigenvalue weighted by Crippen LogP contribution is 2.24. The molecule has 0 spiro atoms. The van der Waals surface area contributed by atoms with Crippen molar-refractivity contribution in [3.05, 3.63) is 58.9 Å². The number of sulfonamides is 1. The van der Waals surface area contributed by atoms with Gasteiger partial charge in [-0.2, -0.15) is 4.31 Å². The summed E-state index contributed by atoms with van der Waals surface area (Å²) < 4.78 is 27.3. The molecule has 2 heterocycles. The third-order valence-electron chi connectivity index (χ3n) is 4.21. The Kier molecular flexibility index (Phi) is 5.20. The van der Waals surface area contributed by atoms with Crippen LogP contribution in [0.1, 0.15) is 11.3 Å². The minimum atomic E-state index is -3.50. The topological polar surface area (TPSA) is 53.5 Å². The molecule has 1 aromatic carbocycles. The van der Waals surface area contributed by atoms with E-state index in [-0.39, 0.29) is 0 Å². The van der Waals surface area contributed by atoms with Crippen molar-refractivity contribution in [2.24, 2.45) is 0 Å². The zero-order valence-corrected chi connectivity index (χ0v) is 15.1. The van der Waals surface area contributed by atoms with Gasteiger partial charge in [-0.15, -0.1) is 0 Å².